The van der Waals surface area contributed by atoms with Gasteiger partial charge in [-0.05, 0) is 12.1 Å². The second-order valence-electron chi connectivity index (χ2n) is 3.64. The van der Waals surface area contributed by atoms with Crippen LogP contribution in [0.4, 0.5) is 23.2 Å². The number of hydrogen-bond donors (Lipinski definition) is 1. The fourth-order valence-corrected chi connectivity index (χ4v) is 1.50. The van der Waals surface area contributed by atoms with Gasteiger partial charge in [0.25, 0.3) is 0 Å². The molecule has 0 fully saturated rings. The quantitative estimate of drug-likeness (QED) is 0.626. The first-order chi connectivity index (χ1) is 8.39. The Labute approximate surface area is 100 Å². The maximum atomic E-state index is 13.6. The summed E-state index contributed by atoms with van der Waals surface area (Å²) in [5.74, 6) is -1.05. The number of aromatic nitrogens is 1. The van der Waals surface area contributed by atoms with Gasteiger partial charge in [-0.3, -0.25) is 4.98 Å². The summed E-state index contributed by atoms with van der Waals surface area (Å²) in [6.07, 6.45) is -4.03. The molecule has 0 aliphatic rings. The number of nitrogen functional groups attached to an aromatic ring is 1. The Morgan fingerprint density at radius 1 is 1.11 bits per heavy atom. The first kappa shape index (κ1) is 12.3. The molecule has 1 aromatic carbocycles. The van der Waals surface area contributed by atoms with Crippen LogP contribution in [0.2, 0.25) is 0 Å². The Kier molecular flexibility index (Phi) is 2.94. The Bertz CT molecular complexity index is 579. The molecule has 0 aliphatic carbocycles. The molecule has 0 unspecified atom stereocenters. The van der Waals surface area contributed by atoms with E-state index in [1.807, 2.05) is 0 Å². The lowest BCUT2D eigenvalue weighted by Gasteiger charge is -2.09. The van der Waals surface area contributed by atoms with Crippen LogP contribution in [0, 0.1) is 5.82 Å². The summed E-state index contributed by atoms with van der Waals surface area (Å²) >= 11 is 0. The number of rotatable bonds is 1. The fourth-order valence-electron chi connectivity index (χ4n) is 1.50. The van der Waals surface area contributed by atoms with Gasteiger partial charge in [0.05, 0.1) is 5.56 Å². The standard InChI is InChI=1S/C12H8F4N2/c13-9-5-7(12(14,15)16)6-18-11(9)8-3-1-2-4-10(8)17/h1-6H,17H2. The third-order valence-corrected chi connectivity index (χ3v) is 2.38. The number of nitrogens with zero attached hydrogens (tertiary/aromatic N) is 1. The summed E-state index contributed by atoms with van der Waals surface area (Å²) < 4.78 is 50.7. The van der Waals surface area contributed by atoms with E-state index in [1.54, 1.807) is 12.1 Å². The number of nitrogens with two attached hydrogens (primary N) is 1. The minimum Gasteiger partial charge on any atom is -0.398 e. The summed E-state index contributed by atoms with van der Waals surface area (Å²) in [5, 5.41) is 0. The monoisotopic (exact) mass is 256 g/mol. The molecule has 0 bridgehead atoms. The average molecular weight is 256 g/mol. The van der Waals surface area contributed by atoms with Gasteiger partial charge in [-0.15, -0.1) is 0 Å². The third-order valence-electron chi connectivity index (χ3n) is 2.38. The fraction of sp³-hybridized carbons (Fsp3) is 0.0833. The largest absolute Gasteiger partial charge is 0.417 e. The molecule has 0 spiro atoms. The minimum absolute atomic E-state index is 0.193. The van der Waals surface area contributed by atoms with Crippen LogP contribution in [0.5, 0.6) is 0 Å². The summed E-state index contributed by atoms with van der Waals surface area (Å²) in [6, 6.07) is 6.67. The molecule has 0 saturated carbocycles. The van der Waals surface area contributed by atoms with Crippen LogP contribution in [-0.2, 0) is 6.18 Å². The van der Waals surface area contributed by atoms with Crippen LogP contribution in [0.3, 0.4) is 0 Å². The summed E-state index contributed by atoms with van der Waals surface area (Å²) in [4.78, 5) is 3.50. The van der Waals surface area contributed by atoms with E-state index in [0.29, 0.717) is 12.3 Å². The van der Waals surface area contributed by atoms with Crippen molar-refractivity contribution < 1.29 is 17.6 Å². The highest BCUT2D eigenvalue weighted by Gasteiger charge is 2.32. The number of anilines is 1. The molecule has 0 radical (unpaired) electrons. The van der Waals surface area contributed by atoms with Gasteiger partial charge in [-0.2, -0.15) is 13.2 Å². The molecule has 94 valence electrons. The van der Waals surface area contributed by atoms with Gasteiger partial charge in [-0.25, -0.2) is 4.39 Å². The van der Waals surface area contributed by atoms with E-state index in [2.05, 4.69) is 4.98 Å². The van der Waals surface area contributed by atoms with Crippen LogP contribution in [0.1, 0.15) is 5.56 Å². The minimum atomic E-state index is -4.62. The SMILES string of the molecule is Nc1ccccc1-c1ncc(C(F)(F)F)cc1F. The zero-order valence-corrected chi connectivity index (χ0v) is 9.00. The molecule has 0 saturated heterocycles. The molecule has 2 nitrogen and oxygen atoms in total. The summed E-state index contributed by atoms with van der Waals surface area (Å²) in [7, 11) is 0. The zero-order valence-electron chi connectivity index (χ0n) is 9.00. The van der Waals surface area contributed by atoms with Crippen LogP contribution in [0.15, 0.2) is 36.5 Å². The lowest BCUT2D eigenvalue weighted by Crippen LogP contribution is -2.07. The topological polar surface area (TPSA) is 38.9 Å². The van der Waals surface area contributed by atoms with E-state index >= 15 is 0 Å². The number of halogens is 4. The van der Waals surface area contributed by atoms with Crippen LogP contribution in [-0.4, -0.2) is 4.98 Å². The van der Waals surface area contributed by atoms with Gasteiger partial charge < -0.3 is 5.73 Å². The van der Waals surface area contributed by atoms with Crippen LogP contribution >= 0.6 is 0 Å². The second-order valence-corrected chi connectivity index (χ2v) is 3.64. The molecular formula is C12H8F4N2. The average Bonchev–Trinajstić information content (AvgIpc) is 2.29. The number of para-hydroxylation sites is 1. The molecule has 1 heterocycles. The van der Waals surface area contributed by atoms with Gasteiger partial charge in [0, 0.05) is 17.4 Å². The lowest BCUT2D eigenvalue weighted by atomic mass is 10.1. The number of pyridine rings is 1. The molecule has 2 aromatic rings. The highest BCUT2D eigenvalue weighted by atomic mass is 19.4. The van der Waals surface area contributed by atoms with Gasteiger partial charge in [-0.1, -0.05) is 18.2 Å². The van der Waals surface area contributed by atoms with Crippen molar-refractivity contribution in [2.45, 2.75) is 6.18 Å². The zero-order chi connectivity index (χ0) is 13.3. The Hall–Kier alpha value is -2.11. The third kappa shape index (κ3) is 2.27. The van der Waals surface area contributed by atoms with Crippen molar-refractivity contribution in [1.82, 2.24) is 4.98 Å². The maximum absolute atomic E-state index is 13.6. The van der Waals surface area contributed by atoms with Crippen LogP contribution in [0.25, 0.3) is 11.3 Å². The summed E-state index contributed by atoms with van der Waals surface area (Å²) in [6.45, 7) is 0. The molecule has 2 N–H and O–H groups in total. The highest BCUT2D eigenvalue weighted by Crippen LogP contribution is 2.32. The number of alkyl halides is 3. The Morgan fingerprint density at radius 2 is 1.78 bits per heavy atom. The van der Waals surface area contributed by atoms with Crippen molar-refractivity contribution >= 4 is 5.69 Å². The van der Waals surface area contributed by atoms with E-state index in [4.69, 9.17) is 5.73 Å². The predicted molar refractivity (Wildman–Crippen MR) is 59.0 cm³/mol. The summed E-state index contributed by atoms with van der Waals surface area (Å²) in [5.41, 5.74) is 4.82. The van der Waals surface area contributed by atoms with Crippen molar-refractivity contribution in [3.63, 3.8) is 0 Å². The first-order valence-electron chi connectivity index (χ1n) is 4.97. The van der Waals surface area contributed by atoms with Crippen LogP contribution < -0.4 is 5.73 Å². The Morgan fingerprint density at radius 3 is 2.33 bits per heavy atom. The number of hydrogen-bond acceptors (Lipinski definition) is 2. The lowest BCUT2D eigenvalue weighted by molar-refractivity contribution is -0.138. The van der Waals surface area contributed by atoms with E-state index in [9.17, 15) is 17.6 Å². The van der Waals surface area contributed by atoms with E-state index in [1.165, 1.54) is 12.1 Å². The van der Waals surface area contributed by atoms with Crippen molar-refractivity contribution in [2.24, 2.45) is 0 Å². The molecule has 0 atom stereocenters. The Balaban J connectivity index is 2.52. The molecule has 1 aromatic heterocycles. The van der Waals surface area contributed by atoms with E-state index in [-0.39, 0.29) is 16.9 Å². The van der Waals surface area contributed by atoms with Crippen molar-refractivity contribution in [2.75, 3.05) is 5.73 Å². The van der Waals surface area contributed by atoms with Gasteiger partial charge >= 0.3 is 6.18 Å². The van der Waals surface area contributed by atoms with Crippen molar-refractivity contribution in [1.29, 1.82) is 0 Å². The van der Waals surface area contributed by atoms with Gasteiger partial charge in [0.15, 0.2) is 0 Å². The normalized spacial score (nSPS) is 11.6. The molecule has 18 heavy (non-hydrogen) atoms. The molecule has 0 aliphatic heterocycles. The highest BCUT2D eigenvalue weighted by molar-refractivity contribution is 5.73. The first-order valence-corrected chi connectivity index (χ1v) is 4.97. The van der Waals surface area contributed by atoms with Gasteiger partial charge in [0.2, 0.25) is 0 Å². The number of benzene rings is 1. The van der Waals surface area contributed by atoms with E-state index < -0.39 is 17.6 Å². The van der Waals surface area contributed by atoms with Crippen molar-refractivity contribution in [3.05, 3.63) is 47.9 Å². The molecule has 0 amide bonds. The maximum Gasteiger partial charge on any atom is 0.417 e. The molecular weight excluding hydrogens is 248 g/mol. The smallest absolute Gasteiger partial charge is 0.398 e. The molecule has 6 heteroatoms. The second kappa shape index (κ2) is 4.29. The van der Waals surface area contributed by atoms with Crippen molar-refractivity contribution in [3.8, 4) is 11.3 Å². The van der Waals surface area contributed by atoms with Gasteiger partial charge in [0.1, 0.15) is 11.5 Å². The predicted octanol–water partition coefficient (Wildman–Crippen LogP) is 3.49. The molecule has 2 rings (SSSR count). The van der Waals surface area contributed by atoms with E-state index in [0.717, 1.165) is 0 Å².